The average molecular weight is 223 g/mol. The van der Waals surface area contributed by atoms with Gasteiger partial charge in [0.15, 0.2) is 0 Å². The van der Waals surface area contributed by atoms with Crippen LogP contribution in [0.25, 0.3) is 0 Å². The molecule has 1 rings (SSSR count). The van der Waals surface area contributed by atoms with Gasteiger partial charge in [0, 0.05) is 24.9 Å². The largest absolute Gasteiger partial charge is 0.351 e. The Kier molecular flexibility index (Phi) is 3.54. The van der Waals surface area contributed by atoms with Crippen LogP contribution in [0.3, 0.4) is 0 Å². The molecule has 16 heavy (non-hydrogen) atoms. The average Bonchev–Trinajstić information content (AvgIpc) is 2.28. The van der Waals surface area contributed by atoms with Crippen LogP contribution in [-0.4, -0.2) is 23.8 Å². The zero-order chi connectivity index (χ0) is 12.1. The van der Waals surface area contributed by atoms with E-state index in [0.29, 0.717) is 0 Å². The fourth-order valence-electron chi connectivity index (χ4n) is 0.999. The number of hydrogen-bond acceptors (Lipinski definition) is 4. The molecule has 0 saturated carbocycles. The van der Waals surface area contributed by atoms with E-state index in [9.17, 15) is 19.7 Å². The van der Waals surface area contributed by atoms with E-state index in [-0.39, 0.29) is 11.4 Å². The van der Waals surface area contributed by atoms with E-state index in [1.807, 2.05) is 0 Å². The van der Waals surface area contributed by atoms with Crippen LogP contribution in [0.5, 0.6) is 0 Å². The molecule has 0 saturated heterocycles. The first kappa shape index (κ1) is 11.6. The number of non-ortho nitro benzene ring substituents is 1. The normalized spacial score (nSPS) is 9.31. The SMILES string of the molecule is CNC(=O)C(=O)Nc1cccc([N+](=O)[O-])c1. The minimum absolute atomic E-state index is 0.158. The summed E-state index contributed by atoms with van der Waals surface area (Å²) in [6.07, 6.45) is 0. The number of rotatable bonds is 2. The van der Waals surface area contributed by atoms with E-state index in [1.165, 1.54) is 31.3 Å². The van der Waals surface area contributed by atoms with Gasteiger partial charge in [-0.1, -0.05) is 6.07 Å². The third-order valence-corrected chi connectivity index (χ3v) is 1.75. The maximum atomic E-state index is 11.1. The summed E-state index contributed by atoms with van der Waals surface area (Å²) in [5.41, 5.74) is 0.0394. The molecule has 0 spiro atoms. The van der Waals surface area contributed by atoms with Gasteiger partial charge >= 0.3 is 11.8 Å². The Labute approximate surface area is 90.6 Å². The zero-order valence-corrected chi connectivity index (χ0v) is 8.39. The van der Waals surface area contributed by atoms with Crippen molar-refractivity contribution >= 4 is 23.2 Å². The zero-order valence-electron chi connectivity index (χ0n) is 8.39. The van der Waals surface area contributed by atoms with Crippen LogP contribution in [0.15, 0.2) is 24.3 Å². The first-order valence-electron chi connectivity index (χ1n) is 4.32. The van der Waals surface area contributed by atoms with Crippen LogP contribution >= 0.6 is 0 Å². The summed E-state index contributed by atoms with van der Waals surface area (Å²) in [6.45, 7) is 0. The second-order valence-electron chi connectivity index (χ2n) is 2.84. The summed E-state index contributed by atoms with van der Waals surface area (Å²) in [7, 11) is 1.31. The lowest BCUT2D eigenvalue weighted by molar-refractivity contribution is -0.384. The first-order chi connectivity index (χ1) is 7.54. The van der Waals surface area contributed by atoms with E-state index in [1.54, 1.807) is 0 Å². The monoisotopic (exact) mass is 223 g/mol. The predicted octanol–water partition coefficient (Wildman–Crippen LogP) is 0.279. The molecule has 0 aromatic heterocycles. The third-order valence-electron chi connectivity index (χ3n) is 1.75. The smallest absolute Gasteiger partial charge is 0.313 e. The highest BCUT2D eigenvalue weighted by atomic mass is 16.6. The molecule has 7 heteroatoms. The van der Waals surface area contributed by atoms with Crippen LogP contribution in [0, 0.1) is 10.1 Å². The fraction of sp³-hybridized carbons (Fsp3) is 0.111. The highest BCUT2D eigenvalue weighted by Crippen LogP contribution is 2.16. The summed E-state index contributed by atoms with van der Waals surface area (Å²) in [4.78, 5) is 31.9. The molecule has 0 bridgehead atoms. The third kappa shape index (κ3) is 2.77. The molecule has 2 amide bonds. The van der Waals surface area contributed by atoms with Crippen molar-refractivity contribution in [2.75, 3.05) is 12.4 Å². The van der Waals surface area contributed by atoms with E-state index in [0.717, 1.165) is 0 Å². The van der Waals surface area contributed by atoms with E-state index >= 15 is 0 Å². The number of nitrogens with zero attached hydrogens (tertiary/aromatic N) is 1. The highest BCUT2D eigenvalue weighted by molar-refractivity contribution is 6.39. The molecule has 84 valence electrons. The molecule has 0 aliphatic heterocycles. The molecule has 0 heterocycles. The summed E-state index contributed by atoms with van der Waals surface area (Å²) in [5, 5.41) is 14.8. The first-order valence-corrected chi connectivity index (χ1v) is 4.32. The van der Waals surface area contributed by atoms with Crippen LogP contribution < -0.4 is 10.6 Å². The van der Waals surface area contributed by atoms with Crippen molar-refractivity contribution in [2.24, 2.45) is 0 Å². The van der Waals surface area contributed by atoms with Crippen molar-refractivity contribution in [2.45, 2.75) is 0 Å². The molecule has 0 atom stereocenters. The Bertz CT molecular complexity index is 444. The van der Waals surface area contributed by atoms with Crippen molar-refractivity contribution in [3.63, 3.8) is 0 Å². The quantitative estimate of drug-likeness (QED) is 0.427. The minimum atomic E-state index is -0.872. The molecular formula is C9H9N3O4. The van der Waals surface area contributed by atoms with Gasteiger partial charge in [-0.2, -0.15) is 0 Å². The number of anilines is 1. The second-order valence-corrected chi connectivity index (χ2v) is 2.84. The van der Waals surface area contributed by atoms with Crippen LogP contribution in [0.1, 0.15) is 0 Å². The maximum Gasteiger partial charge on any atom is 0.313 e. The molecule has 1 aromatic rings. The van der Waals surface area contributed by atoms with Crippen LogP contribution in [0.2, 0.25) is 0 Å². The van der Waals surface area contributed by atoms with Crippen LogP contribution in [0.4, 0.5) is 11.4 Å². The number of nitro benzene ring substituents is 1. The lowest BCUT2D eigenvalue weighted by Gasteiger charge is -2.03. The van der Waals surface area contributed by atoms with Crippen molar-refractivity contribution in [1.29, 1.82) is 0 Å². The van der Waals surface area contributed by atoms with Gasteiger partial charge in [0.1, 0.15) is 0 Å². The summed E-state index contributed by atoms with van der Waals surface area (Å²) < 4.78 is 0. The van der Waals surface area contributed by atoms with E-state index in [4.69, 9.17) is 0 Å². The summed E-state index contributed by atoms with van der Waals surface area (Å²) in [5.74, 6) is -1.69. The Balaban J connectivity index is 2.82. The molecule has 0 unspecified atom stereocenters. The van der Waals surface area contributed by atoms with Gasteiger partial charge in [0.25, 0.3) is 5.69 Å². The number of hydrogen-bond donors (Lipinski definition) is 2. The maximum absolute atomic E-state index is 11.1. The summed E-state index contributed by atoms with van der Waals surface area (Å²) >= 11 is 0. The van der Waals surface area contributed by atoms with E-state index in [2.05, 4.69) is 10.6 Å². The van der Waals surface area contributed by atoms with Gasteiger partial charge in [-0.05, 0) is 6.07 Å². The lowest BCUT2D eigenvalue weighted by Crippen LogP contribution is -2.32. The molecule has 0 aliphatic carbocycles. The van der Waals surface area contributed by atoms with Gasteiger partial charge in [-0.25, -0.2) is 0 Å². The predicted molar refractivity (Wildman–Crippen MR) is 55.8 cm³/mol. The Hall–Kier alpha value is -2.44. The standard InChI is InChI=1S/C9H9N3O4/c1-10-8(13)9(14)11-6-3-2-4-7(5-6)12(15)16/h2-5H,1H3,(H,10,13)(H,11,14). The number of likely N-dealkylation sites (N-methyl/N-ethyl adjacent to an activating group) is 1. The van der Waals surface area contributed by atoms with Crippen molar-refractivity contribution in [1.82, 2.24) is 5.32 Å². The number of carbonyl (C=O) groups is 2. The second kappa shape index (κ2) is 4.87. The van der Waals surface area contributed by atoms with Crippen molar-refractivity contribution < 1.29 is 14.5 Å². The Morgan fingerprint density at radius 2 is 2.00 bits per heavy atom. The lowest BCUT2D eigenvalue weighted by atomic mass is 10.3. The molecule has 0 aliphatic rings. The molecule has 2 N–H and O–H groups in total. The molecular weight excluding hydrogens is 214 g/mol. The van der Waals surface area contributed by atoms with Crippen molar-refractivity contribution in [3.8, 4) is 0 Å². The number of benzene rings is 1. The fourth-order valence-corrected chi connectivity index (χ4v) is 0.999. The highest BCUT2D eigenvalue weighted by Gasteiger charge is 2.13. The Morgan fingerprint density at radius 1 is 1.31 bits per heavy atom. The molecule has 7 nitrogen and oxygen atoms in total. The number of amides is 2. The van der Waals surface area contributed by atoms with Gasteiger partial charge in [-0.3, -0.25) is 19.7 Å². The van der Waals surface area contributed by atoms with Gasteiger partial charge in [0.05, 0.1) is 4.92 Å². The molecule has 1 aromatic carbocycles. The number of nitrogens with one attached hydrogen (secondary N) is 2. The molecule has 0 radical (unpaired) electrons. The van der Waals surface area contributed by atoms with Crippen molar-refractivity contribution in [3.05, 3.63) is 34.4 Å². The van der Waals surface area contributed by atoms with Gasteiger partial charge in [-0.15, -0.1) is 0 Å². The van der Waals surface area contributed by atoms with E-state index < -0.39 is 16.7 Å². The topological polar surface area (TPSA) is 101 Å². The van der Waals surface area contributed by atoms with Gasteiger partial charge < -0.3 is 10.6 Å². The minimum Gasteiger partial charge on any atom is -0.351 e. The van der Waals surface area contributed by atoms with Gasteiger partial charge in [0.2, 0.25) is 0 Å². The Morgan fingerprint density at radius 3 is 2.56 bits per heavy atom. The number of nitro groups is 1. The molecule has 0 fully saturated rings. The van der Waals surface area contributed by atoms with Crippen LogP contribution in [-0.2, 0) is 9.59 Å². The summed E-state index contributed by atoms with van der Waals surface area (Å²) in [6, 6.07) is 5.32. The number of carbonyl (C=O) groups excluding carboxylic acids is 2.